The maximum Gasteiger partial charge on any atom is 0.245 e. The Bertz CT molecular complexity index is 321. The van der Waals surface area contributed by atoms with Crippen LogP contribution < -0.4 is 0 Å². The van der Waals surface area contributed by atoms with E-state index in [9.17, 15) is 9.59 Å². The SMILES string of the molecule is C=CC(=O)N1CCC[C@H](C(=O)N2CCCC2)C1. The lowest BCUT2D eigenvalue weighted by molar-refractivity contribution is -0.138. The molecule has 0 aliphatic carbocycles. The molecule has 0 bridgehead atoms. The van der Waals surface area contributed by atoms with Crippen LogP contribution in [0.4, 0.5) is 0 Å². The van der Waals surface area contributed by atoms with E-state index in [1.807, 2.05) is 4.90 Å². The minimum Gasteiger partial charge on any atom is -0.342 e. The standard InChI is InChI=1S/C13H20N2O2/c1-2-12(16)15-9-5-6-11(10-15)13(17)14-7-3-4-8-14/h2,11H,1,3-10H2/t11-/m0/s1. The molecule has 0 unspecified atom stereocenters. The van der Waals surface area contributed by atoms with Gasteiger partial charge in [0.15, 0.2) is 0 Å². The van der Waals surface area contributed by atoms with Crippen molar-refractivity contribution in [3.63, 3.8) is 0 Å². The van der Waals surface area contributed by atoms with Crippen molar-refractivity contribution in [2.75, 3.05) is 26.2 Å². The highest BCUT2D eigenvalue weighted by molar-refractivity contribution is 5.88. The minimum atomic E-state index is -0.0519. The molecule has 2 saturated heterocycles. The zero-order valence-electron chi connectivity index (χ0n) is 10.2. The quantitative estimate of drug-likeness (QED) is 0.672. The second-order valence-electron chi connectivity index (χ2n) is 4.86. The van der Waals surface area contributed by atoms with E-state index in [1.165, 1.54) is 6.08 Å². The van der Waals surface area contributed by atoms with Crippen LogP contribution in [-0.2, 0) is 9.59 Å². The Kier molecular flexibility index (Phi) is 3.82. The van der Waals surface area contributed by atoms with Gasteiger partial charge >= 0.3 is 0 Å². The van der Waals surface area contributed by atoms with Crippen molar-refractivity contribution >= 4 is 11.8 Å². The number of carbonyl (C=O) groups excluding carboxylic acids is 2. The van der Waals surface area contributed by atoms with Crippen LogP contribution in [0.25, 0.3) is 0 Å². The molecule has 0 N–H and O–H groups in total. The van der Waals surface area contributed by atoms with E-state index in [0.717, 1.165) is 45.3 Å². The third-order valence-corrected chi connectivity index (χ3v) is 3.67. The average molecular weight is 236 g/mol. The normalized spacial score (nSPS) is 24.8. The van der Waals surface area contributed by atoms with Crippen molar-refractivity contribution in [1.29, 1.82) is 0 Å². The van der Waals surface area contributed by atoms with Gasteiger partial charge in [0.05, 0.1) is 5.92 Å². The molecule has 17 heavy (non-hydrogen) atoms. The fourth-order valence-corrected chi connectivity index (χ4v) is 2.70. The largest absolute Gasteiger partial charge is 0.342 e. The number of hydrogen-bond donors (Lipinski definition) is 0. The first kappa shape index (κ1) is 12.1. The van der Waals surface area contributed by atoms with E-state index >= 15 is 0 Å². The molecule has 2 aliphatic rings. The molecular formula is C13H20N2O2. The van der Waals surface area contributed by atoms with Crippen LogP contribution in [0, 0.1) is 5.92 Å². The van der Waals surface area contributed by atoms with Crippen molar-refractivity contribution in [3.05, 3.63) is 12.7 Å². The van der Waals surface area contributed by atoms with Crippen molar-refractivity contribution < 1.29 is 9.59 Å². The van der Waals surface area contributed by atoms with Gasteiger partial charge in [-0.25, -0.2) is 0 Å². The first-order chi connectivity index (χ1) is 8.22. The third kappa shape index (κ3) is 2.68. The molecule has 0 aromatic rings. The van der Waals surface area contributed by atoms with Crippen LogP contribution in [0.15, 0.2) is 12.7 Å². The summed E-state index contributed by atoms with van der Waals surface area (Å²) in [5.74, 6) is 0.193. The van der Waals surface area contributed by atoms with Crippen LogP contribution in [0.3, 0.4) is 0 Å². The Morgan fingerprint density at radius 3 is 2.35 bits per heavy atom. The number of piperidine rings is 1. The zero-order valence-corrected chi connectivity index (χ0v) is 10.2. The fourth-order valence-electron chi connectivity index (χ4n) is 2.70. The third-order valence-electron chi connectivity index (χ3n) is 3.67. The minimum absolute atomic E-state index is 0.00532. The lowest BCUT2D eigenvalue weighted by Gasteiger charge is -2.33. The second-order valence-corrected chi connectivity index (χ2v) is 4.86. The molecule has 2 heterocycles. The fraction of sp³-hybridized carbons (Fsp3) is 0.692. The molecule has 0 aromatic heterocycles. The summed E-state index contributed by atoms with van der Waals surface area (Å²) in [4.78, 5) is 27.5. The molecule has 0 aromatic carbocycles. The van der Waals surface area contributed by atoms with Crippen LogP contribution in [0.1, 0.15) is 25.7 Å². The zero-order chi connectivity index (χ0) is 12.3. The second kappa shape index (κ2) is 5.34. The van der Waals surface area contributed by atoms with Gasteiger partial charge in [-0.15, -0.1) is 0 Å². The van der Waals surface area contributed by atoms with E-state index in [2.05, 4.69) is 6.58 Å². The topological polar surface area (TPSA) is 40.6 Å². The monoisotopic (exact) mass is 236 g/mol. The average Bonchev–Trinajstić information content (AvgIpc) is 2.91. The Labute approximate surface area is 102 Å². The number of amides is 2. The first-order valence-corrected chi connectivity index (χ1v) is 6.42. The van der Waals surface area contributed by atoms with Crippen LogP contribution in [0.5, 0.6) is 0 Å². The summed E-state index contributed by atoms with van der Waals surface area (Å²) in [5, 5.41) is 0. The molecular weight excluding hydrogens is 216 g/mol. The number of hydrogen-bond acceptors (Lipinski definition) is 2. The summed E-state index contributed by atoms with van der Waals surface area (Å²) in [5.41, 5.74) is 0. The van der Waals surface area contributed by atoms with E-state index in [-0.39, 0.29) is 17.7 Å². The van der Waals surface area contributed by atoms with Gasteiger partial charge in [-0.05, 0) is 31.8 Å². The number of carbonyl (C=O) groups is 2. The van der Waals surface area contributed by atoms with Crippen LogP contribution in [0.2, 0.25) is 0 Å². The summed E-state index contributed by atoms with van der Waals surface area (Å²) in [7, 11) is 0. The lowest BCUT2D eigenvalue weighted by atomic mass is 9.96. The molecule has 0 saturated carbocycles. The molecule has 2 fully saturated rings. The Morgan fingerprint density at radius 1 is 1.06 bits per heavy atom. The van der Waals surface area contributed by atoms with Gasteiger partial charge in [0, 0.05) is 26.2 Å². The lowest BCUT2D eigenvalue weighted by Crippen LogP contribution is -2.45. The first-order valence-electron chi connectivity index (χ1n) is 6.42. The summed E-state index contributed by atoms with van der Waals surface area (Å²) >= 11 is 0. The van der Waals surface area contributed by atoms with Crippen molar-refractivity contribution in [2.24, 2.45) is 5.92 Å². The van der Waals surface area contributed by atoms with Crippen LogP contribution >= 0.6 is 0 Å². The number of rotatable bonds is 2. The highest BCUT2D eigenvalue weighted by Gasteiger charge is 2.31. The predicted molar refractivity (Wildman–Crippen MR) is 65.3 cm³/mol. The van der Waals surface area contributed by atoms with E-state index in [4.69, 9.17) is 0 Å². The van der Waals surface area contributed by atoms with Gasteiger partial charge < -0.3 is 9.80 Å². The van der Waals surface area contributed by atoms with E-state index in [0.29, 0.717) is 6.54 Å². The predicted octanol–water partition coefficient (Wildman–Crippen LogP) is 1.03. The maximum atomic E-state index is 12.2. The van der Waals surface area contributed by atoms with E-state index in [1.54, 1.807) is 4.90 Å². The number of likely N-dealkylation sites (tertiary alicyclic amines) is 2. The molecule has 1 atom stereocenters. The molecule has 2 rings (SSSR count). The molecule has 4 nitrogen and oxygen atoms in total. The molecule has 0 spiro atoms. The van der Waals surface area contributed by atoms with Gasteiger partial charge in [0.1, 0.15) is 0 Å². The smallest absolute Gasteiger partial charge is 0.245 e. The van der Waals surface area contributed by atoms with Gasteiger partial charge in [-0.2, -0.15) is 0 Å². The highest BCUT2D eigenvalue weighted by atomic mass is 16.2. The molecule has 94 valence electrons. The van der Waals surface area contributed by atoms with Gasteiger partial charge in [-0.1, -0.05) is 6.58 Å². The Morgan fingerprint density at radius 2 is 1.71 bits per heavy atom. The van der Waals surface area contributed by atoms with E-state index < -0.39 is 0 Å². The molecule has 2 amide bonds. The van der Waals surface area contributed by atoms with Gasteiger partial charge in [0.25, 0.3) is 0 Å². The summed E-state index contributed by atoms with van der Waals surface area (Å²) in [6, 6.07) is 0. The highest BCUT2D eigenvalue weighted by Crippen LogP contribution is 2.21. The van der Waals surface area contributed by atoms with Crippen LogP contribution in [-0.4, -0.2) is 47.8 Å². The van der Waals surface area contributed by atoms with Crippen molar-refractivity contribution in [2.45, 2.75) is 25.7 Å². The van der Waals surface area contributed by atoms with Crippen molar-refractivity contribution in [1.82, 2.24) is 9.80 Å². The Balaban J connectivity index is 1.94. The molecule has 2 aliphatic heterocycles. The summed E-state index contributed by atoms with van der Waals surface area (Å²) in [6.45, 7) is 6.61. The Hall–Kier alpha value is -1.32. The van der Waals surface area contributed by atoms with Gasteiger partial charge in [-0.3, -0.25) is 9.59 Å². The van der Waals surface area contributed by atoms with Crippen molar-refractivity contribution in [3.8, 4) is 0 Å². The maximum absolute atomic E-state index is 12.2. The summed E-state index contributed by atoms with van der Waals surface area (Å²) in [6.07, 6.45) is 5.41. The number of nitrogens with zero attached hydrogens (tertiary/aromatic N) is 2. The summed E-state index contributed by atoms with van der Waals surface area (Å²) < 4.78 is 0. The van der Waals surface area contributed by atoms with Gasteiger partial charge in [0.2, 0.25) is 11.8 Å². The molecule has 0 radical (unpaired) electrons. The molecule has 4 heteroatoms.